The minimum Gasteiger partial charge on any atom is -0.393 e. The molecule has 0 aliphatic heterocycles. The van der Waals surface area contributed by atoms with Crippen LogP contribution in [0.2, 0.25) is 0 Å². The van der Waals surface area contributed by atoms with Gasteiger partial charge in [0, 0.05) is 0 Å². The maximum atomic E-state index is 9.00. The highest BCUT2D eigenvalue weighted by Gasteiger charge is 2.44. The van der Waals surface area contributed by atoms with Crippen molar-refractivity contribution in [1.82, 2.24) is 0 Å². The SMILES string of the molecule is CC(O)CCC1CC1(C)C. The van der Waals surface area contributed by atoms with E-state index in [1.165, 1.54) is 12.8 Å². The molecule has 1 N–H and O–H groups in total. The molecule has 0 aromatic rings. The van der Waals surface area contributed by atoms with Crippen molar-refractivity contribution < 1.29 is 5.11 Å². The van der Waals surface area contributed by atoms with Gasteiger partial charge >= 0.3 is 0 Å². The zero-order chi connectivity index (χ0) is 7.78. The Labute approximate surface area is 63.4 Å². The van der Waals surface area contributed by atoms with Gasteiger partial charge in [0.1, 0.15) is 0 Å². The van der Waals surface area contributed by atoms with Crippen LogP contribution in [0.1, 0.15) is 40.0 Å². The van der Waals surface area contributed by atoms with Crippen LogP contribution in [0.15, 0.2) is 0 Å². The fraction of sp³-hybridized carbons (Fsp3) is 1.00. The van der Waals surface area contributed by atoms with Crippen LogP contribution >= 0.6 is 0 Å². The lowest BCUT2D eigenvalue weighted by Crippen LogP contribution is -2.00. The molecule has 2 unspecified atom stereocenters. The zero-order valence-corrected chi connectivity index (χ0v) is 7.22. The van der Waals surface area contributed by atoms with E-state index in [0.29, 0.717) is 5.41 Å². The van der Waals surface area contributed by atoms with Crippen molar-refractivity contribution in [3.05, 3.63) is 0 Å². The van der Waals surface area contributed by atoms with Gasteiger partial charge in [-0.05, 0) is 37.5 Å². The summed E-state index contributed by atoms with van der Waals surface area (Å²) >= 11 is 0. The van der Waals surface area contributed by atoms with Crippen LogP contribution in [-0.2, 0) is 0 Å². The maximum absolute atomic E-state index is 9.00. The van der Waals surface area contributed by atoms with Crippen molar-refractivity contribution in [2.75, 3.05) is 0 Å². The van der Waals surface area contributed by atoms with Gasteiger partial charge in [0.2, 0.25) is 0 Å². The van der Waals surface area contributed by atoms with Gasteiger partial charge in [0.15, 0.2) is 0 Å². The molecule has 0 spiro atoms. The summed E-state index contributed by atoms with van der Waals surface area (Å²) in [6.45, 7) is 6.48. The Balaban J connectivity index is 2.07. The third kappa shape index (κ3) is 1.98. The van der Waals surface area contributed by atoms with Gasteiger partial charge in [-0.1, -0.05) is 13.8 Å². The monoisotopic (exact) mass is 142 g/mol. The molecule has 1 nitrogen and oxygen atoms in total. The Morgan fingerprint density at radius 1 is 1.60 bits per heavy atom. The van der Waals surface area contributed by atoms with Crippen LogP contribution in [-0.4, -0.2) is 11.2 Å². The average molecular weight is 142 g/mol. The summed E-state index contributed by atoms with van der Waals surface area (Å²) in [5.41, 5.74) is 0.592. The second-order valence-electron chi connectivity index (χ2n) is 4.32. The quantitative estimate of drug-likeness (QED) is 0.640. The number of rotatable bonds is 3. The molecule has 0 amide bonds. The summed E-state index contributed by atoms with van der Waals surface area (Å²) in [6.07, 6.45) is 3.45. The minimum atomic E-state index is -0.101. The van der Waals surface area contributed by atoms with Gasteiger partial charge in [0.05, 0.1) is 6.10 Å². The first-order valence-corrected chi connectivity index (χ1v) is 4.20. The Hall–Kier alpha value is -0.0400. The van der Waals surface area contributed by atoms with E-state index in [0.717, 1.165) is 12.3 Å². The van der Waals surface area contributed by atoms with Gasteiger partial charge < -0.3 is 5.11 Å². The molecule has 0 heterocycles. The predicted molar refractivity (Wildman–Crippen MR) is 42.8 cm³/mol. The molecule has 0 aromatic heterocycles. The first-order chi connectivity index (χ1) is 4.52. The Bertz CT molecular complexity index is 116. The highest BCUT2D eigenvalue weighted by molar-refractivity contribution is 4.94. The lowest BCUT2D eigenvalue weighted by atomic mass is 10.1. The molecule has 60 valence electrons. The fourth-order valence-corrected chi connectivity index (χ4v) is 1.51. The molecule has 2 atom stereocenters. The lowest BCUT2D eigenvalue weighted by molar-refractivity contribution is 0.177. The Kier molecular flexibility index (Phi) is 2.04. The zero-order valence-electron chi connectivity index (χ0n) is 7.22. The molecule has 1 aliphatic carbocycles. The first-order valence-electron chi connectivity index (χ1n) is 4.20. The van der Waals surface area contributed by atoms with Gasteiger partial charge in [-0.15, -0.1) is 0 Å². The Morgan fingerprint density at radius 2 is 2.10 bits per heavy atom. The number of aliphatic hydroxyl groups is 1. The first kappa shape index (κ1) is 8.06. The van der Waals surface area contributed by atoms with Crippen molar-refractivity contribution >= 4 is 0 Å². The van der Waals surface area contributed by atoms with Crippen molar-refractivity contribution in [3.63, 3.8) is 0 Å². The predicted octanol–water partition coefficient (Wildman–Crippen LogP) is 2.19. The molecule has 10 heavy (non-hydrogen) atoms. The van der Waals surface area contributed by atoms with Gasteiger partial charge in [-0.2, -0.15) is 0 Å². The van der Waals surface area contributed by atoms with Crippen molar-refractivity contribution in [2.24, 2.45) is 11.3 Å². The summed E-state index contributed by atoms with van der Waals surface area (Å²) in [6, 6.07) is 0. The van der Waals surface area contributed by atoms with E-state index in [9.17, 15) is 0 Å². The van der Waals surface area contributed by atoms with E-state index in [-0.39, 0.29) is 6.10 Å². The molecule has 1 saturated carbocycles. The molecule has 1 aliphatic rings. The highest BCUT2D eigenvalue weighted by Crippen LogP contribution is 2.54. The molecule has 0 saturated heterocycles. The topological polar surface area (TPSA) is 20.2 Å². The standard InChI is InChI=1S/C9H18O/c1-7(10)4-5-8-6-9(8,2)3/h7-8,10H,4-6H2,1-3H3. The van der Waals surface area contributed by atoms with Crippen LogP contribution < -0.4 is 0 Å². The summed E-state index contributed by atoms with van der Waals surface area (Å²) in [5, 5.41) is 9.00. The second kappa shape index (κ2) is 2.54. The molecule has 1 heteroatoms. The molecule has 1 rings (SSSR count). The highest BCUT2D eigenvalue weighted by atomic mass is 16.3. The van der Waals surface area contributed by atoms with Crippen molar-refractivity contribution in [1.29, 1.82) is 0 Å². The van der Waals surface area contributed by atoms with Crippen LogP contribution in [0, 0.1) is 11.3 Å². The van der Waals surface area contributed by atoms with Crippen molar-refractivity contribution in [2.45, 2.75) is 46.1 Å². The lowest BCUT2D eigenvalue weighted by Gasteiger charge is -2.04. The van der Waals surface area contributed by atoms with Crippen LogP contribution in [0.5, 0.6) is 0 Å². The minimum absolute atomic E-state index is 0.101. The molecule has 0 radical (unpaired) electrons. The molecular weight excluding hydrogens is 124 g/mol. The molecule has 0 bridgehead atoms. The second-order valence-corrected chi connectivity index (χ2v) is 4.32. The summed E-state index contributed by atoms with van der Waals surface area (Å²) in [4.78, 5) is 0. The van der Waals surface area contributed by atoms with Crippen molar-refractivity contribution in [3.8, 4) is 0 Å². The van der Waals surface area contributed by atoms with E-state index < -0.39 is 0 Å². The fourth-order valence-electron chi connectivity index (χ4n) is 1.51. The largest absolute Gasteiger partial charge is 0.393 e. The maximum Gasteiger partial charge on any atom is 0.0512 e. The van der Waals surface area contributed by atoms with Gasteiger partial charge in [0.25, 0.3) is 0 Å². The van der Waals surface area contributed by atoms with Crippen LogP contribution in [0.25, 0.3) is 0 Å². The molecule has 0 aromatic carbocycles. The van der Waals surface area contributed by atoms with Crippen LogP contribution in [0.3, 0.4) is 0 Å². The van der Waals surface area contributed by atoms with E-state index in [4.69, 9.17) is 5.11 Å². The smallest absolute Gasteiger partial charge is 0.0512 e. The third-order valence-electron chi connectivity index (χ3n) is 2.65. The van der Waals surface area contributed by atoms with Gasteiger partial charge in [-0.25, -0.2) is 0 Å². The molecular formula is C9H18O. The number of hydrogen-bond donors (Lipinski definition) is 1. The van der Waals surface area contributed by atoms with E-state index in [2.05, 4.69) is 13.8 Å². The summed E-state index contributed by atoms with van der Waals surface area (Å²) in [5.74, 6) is 0.891. The average Bonchev–Trinajstić information content (AvgIpc) is 2.35. The summed E-state index contributed by atoms with van der Waals surface area (Å²) < 4.78 is 0. The molecule has 1 fully saturated rings. The summed E-state index contributed by atoms with van der Waals surface area (Å²) in [7, 11) is 0. The Morgan fingerprint density at radius 3 is 2.40 bits per heavy atom. The van der Waals surface area contributed by atoms with Gasteiger partial charge in [-0.3, -0.25) is 0 Å². The number of aliphatic hydroxyl groups excluding tert-OH is 1. The number of hydrogen-bond acceptors (Lipinski definition) is 1. The normalized spacial score (nSPS) is 31.8. The third-order valence-corrected chi connectivity index (χ3v) is 2.65. The van der Waals surface area contributed by atoms with E-state index >= 15 is 0 Å². The van der Waals surface area contributed by atoms with E-state index in [1.54, 1.807) is 0 Å². The van der Waals surface area contributed by atoms with Crippen LogP contribution in [0.4, 0.5) is 0 Å². The van der Waals surface area contributed by atoms with E-state index in [1.807, 2.05) is 6.92 Å².